The van der Waals surface area contributed by atoms with E-state index in [-0.39, 0.29) is 12.0 Å². The van der Waals surface area contributed by atoms with Gasteiger partial charge in [-0.05, 0) is 25.8 Å². The van der Waals surface area contributed by atoms with Crippen molar-refractivity contribution in [1.82, 2.24) is 15.5 Å². The molecule has 1 rings (SSSR count). The minimum Gasteiger partial charge on any atom is -0.393 e. The van der Waals surface area contributed by atoms with Crippen molar-refractivity contribution in [2.24, 2.45) is 5.92 Å². The van der Waals surface area contributed by atoms with Crippen molar-refractivity contribution < 1.29 is 14.7 Å². The molecule has 2 unspecified atom stereocenters. The fourth-order valence-electron chi connectivity index (χ4n) is 1.97. The smallest absolute Gasteiger partial charge is 0.321 e. The van der Waals surface area contributed by atoms with E-state index in [0.29, 0.717) is 18.9 Å². The number of likely N-dealkylation sites (tertiary alicyclic amines) is 1. The highest BCUT2D eigenvalue weighted by Gasteiger charge is 2.25. The summed E-state index contributed by atoms with van der Waals surface area (Å²) in [6.45, 7) is 4.16. The summed E-state index contributed by atoms with van der Waals surface area (Å²) in [6.07, 6.45) is 0.981. The molecule has 6 heteroatoms. The molecule has 2 atom stereocenters. The van der Waals surface area contributed by atoms with Crippen LogP contribution in [0.5, 0.6) is 0 Å². The Hall–Kier alpha value is -1.14. The Kier molecular flexibility index (Phi) is 5.37. The van der Waals surface area contributed by atoms with E-state index in [0.717, 1.165) is 19.5 Å². The van der Waals surface area contributed by atoms with Crippen LogP contribution in [0.2, 0.25) is 0 Å². The molecular weight excluding hydrogens is 222 g/mol. The van der Waals surface area contributed by atoms with Gasteiger partial charge in [0.15, 0.2) is 0 Å². The lowest BCUT2D eigenvalue weighted by Gasteiger charge is -2.16. The first kappa shape index (κ1) is 13.9. The van der Waals surface area contributed by atoms with Crippen LogP contribution in [-0.4, -0.2) is 54.7 Å². The molecular formula is C11H21N3O3. The minimum atomic E-state index is -0.474. The number of rotatable bonds is 4. The average molecular weight is 243 g/mol. The van der Waals surface area contributed by atoms with Crippen molar-refractivity contribution in [3.8, 4) is 0 Å². The second-order valence-electron chi connectivity index (χ2n) is 4.47. The maximum absolute atomic E-state index is 11.3. The molecule has 6 nitrogen and oxygen atoms in total. The van der Waals surface area contributed by atoms with Crippen molar-refractivity contribution >= 4 is 11.9 Å². The summed E-state index contributed by atoms with van der Waals surface area (Å²) in [5.74, 6) is 0.0295. The third kappa shape index (κ3) is 4.70. The van der Waals surface area contributed by atoms with Crippen LogP contribution in [0, 0.1) is 5.92 Å². The molecule has 0 aromatic rings. The number of hydrogen-bond acceptors (Lipinski definition) is 4. The summed E-state index contributed by atoms with van der Waals surface area (Å²) < 4.78 is 0. The first-order valence-corrected chi connectivity index (χ1v) is 5.95. The number of nitrogens with zero attached hydrogens (tertiary/aromatic N) is 1. The maximum atomic E-state index is 11.3. The van der Waals surface area contributed by atoms with Gasteiger partial charge < -0.3 is 15.3 Å². The van der Waals surface area contributed by atoms with Crippen LogP contribution in [0.3, 0.4) is 0 Å². The number of amides is 3. The van der Waals surface area contributed by atoms with Gasteiger partial charge in [0.1, 0.15) is 0 Å². The van der Waals surface area contributed by atoms with E-state index in [2.05, 4.69) is 15.5 Å². The van der Waals surface area contributed by atoms with E-state index >= 15 is 0 Å². The zero-order valence-corrected chi connectivity index (χ0v) is 10.4. The maximum Gasteiger partial charge on any atom is 0.321 e. The molecule has 0 aromatic heterocycles. The highest BCUT2D eigenvalue weighted by Crippen LogP contribution is 2.19. The van der Waals surface area contributed by atoms with Crippen LogP contribution in [0.4, 0.5) is 4.79 Å². The van der Waals surface area contributed by atoms with E-state index < -0.39 is 6.03 Å². The first-order valence-electron chi connectivity index (χ1n) is 5.95. The number of carbonyl (C=O) groups excluding carboxylic acids is 2. The lowest BCUT2D eigenvalue weighted by Crippen LogP contribution is -2.39. The number of urea groups is 1. The number of imide groups is 1. The van der Waals surface area contributed by atoms with Gasteiger partial charge in [0, 0.05) is 26.6 Å². The van der Waals surface area contributed by atoms with Gasteiger partial charge in [0.2, 0.25) is 5.91 Å². The SMILES string of the molecule is CNC(=O)NC(=O)CCN1CCC(C(C)O)C1. The predicted octanol–water partition coefficient (Wildman–Crippen LogP) is -0.465. The molecule has 1 heterocycles. The minimum absolute atomic E-state index is 0.273. The lowest BCUT2D eigenvalue weighted by molar-refractivity contribution is -0.120. The van der Waals surface area contributed by atoms with E-state index in [9.17, 15) is 14.7 Å². The normalized spacial score (nSPS) is 22.2. The van der Waals surface area contributed by atoms with Crippen LogP contribution >= 0.6 is 0 Å². The Morgan fingerprint density at radius 3 is 2.76 bits per heavy atom. The molecule has 0 radical (unpaired) electrons. The summed E-state index contributed by atoms with van der Waals surface area (Å²) in [6, 6.07) is -0.474. The summed E-state index contributed by atoms with van der Waals surface area (Å²) in [5.41, 5.74) is 0. The first-order chi connectivity index (χ1) is 8.02. The van der Waals surface area contributed by atoms with Gasteiger partial charge in [-0.3, -0.25) is 10.1 Å². The molecule has 1 fully saturated rings. The molecule has 3 amide bonds. The summed E-state index contributed by atoms with van der Waals surface area (Å²) >= 11 is 0. The molecule has 1 aliphatic rings. The molecule has 1 saturated heterocycles. The molecule has 0 spiro atoms. The number of hydrogen-bond donors (Lipinski definition) is 3. The van der Waals surface area contributed by atoms with Gasteiger partial charge >= 0.3 is 6.03 Å². The zero-order chi connectivity index (χ0) is 12.8. The molecule has 0 bridgehead atoms. The Bertz CT molecular complexity index is 281. The van der Waals surface area contributed by atoms with Gasteiger partial charge in [-0.25, -0.2) is 4.79 Å². The predicted molar refractivity (Wildman–Crippen MR) is 63.4 cm³/mol. The molecule has 17 heavy (non-hydrogen) atoms. The summed E-state index contributed by atoms with van der Waals surface area (Å²) in [4.78, 5) is 24.3. The highest BCUT2D eigenvalue weighted by molar-refractivity contribution is 5.94. The van der Waals surface area contributed by atoms with E-state index in [1.165, 1.54) is 7.05 Å². The Morgan fingerprint density at radius 2 is 2.24 bits per heavy atom. The van der Waals surface area contributed by atoms with Crippen LogP contribution in [0.25, 0.3) is 0 Å². The summed E-state index contributed by atoms with van der Waals surface area (Å²) in [5, 5.41) is 14.0. The second-order valence-corrected chi connectivity index (χ2v) is 4.47. The van der Waals surface area contributed by atoms with Gasteiger partial charge in [-0.15, -0.1) is 0 Å². The van der Waals surface area contributed by atoms with Crippen LogP contribution < -0.4 is 10.6 Å². The standard InChI is InChI=1S/C11H21N3O3/c1-8(15)9-3-5-14(7-9)6-4-10(16)13-11(17)12-2/h8-9,15H,3-7H2,1-2H3,(H2,12,13,16,17). The third-order valence-corrected chi connectivity index (χ3v) is 3.13. The Balaban J connectivity index is 2.19. The topological polar surface area (TPSA) is 81.7 Å². The van der Waals surface area contributed by atoms with Crippen molar-refractivity contribution in [3.63, 3.8) is 0 Å². The summed E-state index contributed by atoms with van der Waals surface area (Å²) in [7, 11) is 1.47. The van der Waals surface area contributed by atoms with Crippen molar-refractivity contribution in [1.29, 1.82) is 0 Å². The van der Waals surface area contributed by atoms with E-state index in [1.807, 2.05) is 0 Å². The van der Waals surface area contributed by atoms with E-state index in [1.54, 1.807) is 6.92 Å². The molecule has 1 aliphatic heterocycles. The van der Waals surface area contributed by atoms with Crippen molar-refractivity contribution in [2.45, 2.75) is 25.9 Å². The fraction of sp³-hybridized carbons (Fsp3) is 0.818. The largest absolute Gasteiger partial charge is 0.393 e. The lowest BCUT2D eigenvalue weighted by atomic mass is 10.0. The van der Waals surface area contributed by atoms with Gasteiger partial charge in [0.05, 0.1) is 6.10 Å². The quantitative estimate of drug-likeness (QED) is 0.624. The number of nitrogens with one attached hydrogen (secondary N) is 2. The number of aliphatic hydroxyl groups excluding tert-OH is 1. The number of carbonyl (C=O) groups is 2. The van der Waals surface area contributed by atoms with Gasteiger partial charge in [-0.1, -0.05) is 0 Å². The second kappa shape index (κ2) is 6.56. The molecule has 0 aromatic carbocycles. The van der Waals surface area contributed by atoms with Crippen molar-refractivity contribution in [3.05, 3.63) is 0 Å². The van der Waals surface area contributed by atoms with Crippen molar-refractivity contribution in [2.75, 3.05) is 26.7 Å². The van der Waals surface area contributed by atoms with Gasteiger partial charge in [-0.2, -0.15) is 0 Å². The van der Waals surface area contributed by atoms with Crippen LogP contribution in [0.15, 0.2) is 0 Å². The zero-order valence-electron chi connectivity index (χ0n) is 10.4. The highest BCUT2D eigenvalue weighted by atomic mass is 16.3. The molecule has 98 valence electrons. The van der Waals surface area contributed by atoms with E-state index in [4.69, 9.17) is 0 Å². The molecule has 3 N–H and O–H groups in total. The average Bonchev–Trinajstić information content (AvgIpc) is 2.75. The number of aliphatic hydroxyl groups is 1. The third-order valence-electron chi connectivity index (χ3n) is 3.13. The molecule has 0 aliphatic carbocycles. The Labute approximate surface area is 101 Å². The molecule has 0 saturated carbocycles. The van der Waals surface area contributed by atoms with Crippen LogP contribution in [-0.2, 0) is 4.79 Å². The van der Waals surface area contributed by atoms with Crippen LogP contribution in [0.1, 0.15) is 19.8 Å². The fourth-order valence-corrected chi connectivity index (χ4v) is 1.97. The Morgan fingerprint density at radius 1 is 1.53 bits per heavy atom. The van der Waals surface area contributed by atoms with Gasteiger partial charge in [0.25, 0.3) is 0 Å². The monoisotopic (exact) mass is 243 g/mol.